The minimum atomic E-state index is -0.590. The fraction of sp³-hybridized carbons (Fsp3) is 0.600. The summed E-state index contributed by atoms with van der Waals surface area (Å²) in [5.74, 6) is 0. The molecule has 1 fully saturated rings. The monoisotopic (exact) mass is 248 g/mol. The van der Waals surface area contributed by atoms with E-state index in [9.17, 15) is 5.11 Å². The summed E-state index contributed by atoms with van der Waals surface area (Å²) in [7, 11) is 0. The number of benzene rings is 1. The lowest BCUT2D eigenvalue weighted by molar-refractivity contribution is 0.0460. The van der Waals surface area contributed by atoms with Crippen LogP contribution >= 0.6 is 0 Å². The van der Waals surface area contributed by atoms with E-state index in [1.54, 1.807) is 0 Å². The predicted octanol–water partition coefficient (Wildman–Crippen LogP) is 1.62. The standard InChI is InChI=1S/C15H24N2O/c1-15(2,18)10-14-12-17(9-8-16-14)11-13-6-4-3-5-7-13/h3-7,14,16,18H,8-12H2,1-2H3. The van der Waals surface area contributed by atoms with Gasteiger partial charge in [-0.3, -0.25) is 4.90 Å². The maximum Gasteiger partial charge on any atom is 0.0607 e. The molecular formula is C15H24N2O. The van der Waals surface area contributed by atoms with Crippen LogP contribution in [0, 0.1) is 0 Å². The van der Waals surface area contributed by atoms with E-state index in [1.165, 1.54) is 5.56 Å². The maximum absolute atomic E-state index is 9.89. The lowest BCUT2D eigenvalue weighted by Gasteiger charge is -2.36. The van der Waals surface area contributed by atoms with Crippen LogP contribution in [0.1, 0.15) is 25.8 Å². The zero-order valence-corrected chi connectivity index (χ0v) is 11.4. The Kier molecular flexibility index (Phi) is 4.38. The third-order valence-electron chi connectivity index (χ3n) is 3.33. The first-order chi connectivity index (χ1) is 8.53. The molecule has 1 heterocycles. The van der Waals surface area contributed by atoms with Gasteiger partial charge in [0, 0.05) is 32.2 Å². The SMILES string of the molecule is CC(C)(O)CC1CN(Cc2ccccc2)CCN1. The molecular weight excluding hydrogens is 224 g/mol. The van der Waals surface area contributed by atoms with Crippen LogP contribution in [0.15, 0.2) is 30.3 Å². The lowest BCUT2D eigenvalue weighted by Crippen LogP contribution is -2.52. The zero-order valence-electron chi connectivity index (χ0n) is 11.4. The average Bonchev–Trinajstić information content (AvgIpc) is 2.28. The molecule has 1 aliphatic heterocycles. The van der Waals surface area contributed by atoms with Gasteiger partial charge in [0.1, 0.15) is 0 Å². The van der Waals surface area contributed by atoms with Gasteiger partial charge in [-0.2, -0.15) is 0 Å². The quantitative estimate of drug-likeness (QED) is 0.850. The molecule has 3 nitrogen and oxygen atoms in total. The van der Waals surface area contributed by atoms with E-state index < -0.39 is 5.60 Å². The third-order valence-corrected chi connectivity index (χ3v) is 3.33. The minimum absolute atomic E-state index is 0.391. The third kappa shape index (κ3) is 4.41. The van der Waals surface area contributed by atoms with Crippen molar-refractivity contribution in [3.05, 3.63) is 35.9 Å². The summed E-state index contributed by atoms with van der Waals surface area (Å²) >= 11 is 0. The highest BCUT2D eigenvalue weighted by atomic mass is 16.3. The molecule has 1 aromatic carbocycles. The molecule has 1 saturated heterocycles. The van der Waals surface area contributed by atoms with Crippen molar-refractivity contribution in [1.82, 2.24) is 10.2 Å². The Morgan fingerprint density at radius 2 is 2.06 bits per heavy atom. The highest BCUT2D eigenvalue weighted by Crippen LogP contribution is 2.15. The van der Waals surface area contributed by atoms with Gasteiger partial charge in [-0.1, -0.05) is 30.3 Å². The summed E-state index contributed by atoms with van der Waals surface area (Å²) in [5.41, 5.74) is 0.773. The Bertz CT molecular complexity index is 359. The number of hydrogen-bond donors (Lipinski definition) is 2. The Hall–Kier alpha value is -0.900. The van der Waals surface area contributed by atoms with Crippen LogP contribution in [0.4, 0.5) is 0 Å². The van der Waals surface area contributed by atoms with E-state index in [0.29, 0.717) is 6.04 Å². The van der Waals surface area contributed by atoms with Gasteiger partial charge in [0.05, 0.1) is 5.60 Å². The molecule has 0 aliphatic carbocycles. The lowest BCUT2D eigenvalue weighted by atomic mass is 9.97. The molecule has 0 spiro atoms. The van der Waals surface area contributed by atoms with Gasteiger partial charge in [-0.15, -0.1) is 0 Å². The minimum Gasteiger partial charge on any atom is -0.390 e. The van der Waals surface area contributed by atoms with E-state index in [-0.39, 0.29) is 0 Å². The molecule has 1 unspecified atom stereocenters. The van der Waals surface area contributed by atoms with Crippen molar-refractivity contribution in [3.63, 3.8) is 0 Å². The molecule has 1 atom stereocenters. The number of piperazine rings is 1. The Labute approximate surface area is 110 Å². The van der Waals surface area contributed by atoms with E-state index >= 15 is 0 Å². The van der Waals surface area contributed by atoms with Crippen molar-refractivity contribution < 1.29 is 5.11 Å². The van der Waals surface area contributed by atoms with Crippen LogP contribution in [-0.4, -0.2) is 41.3 Å². The normalized spacial score (nSPS) is 22.1. The fourth-order valence-corrected chi connectivity index (χ4v) is 2.62. The van der Waals surface area contributed by atoms with Gasteiger partial charge in [0.25, 0.3) is 0 Å². The molecule has 1 aliphatic rings. The van der Waals surface area contributed by atoms with E-state index in [0.717, 1.165) is 32.6 Å². The highest BCUT2D eigenvalue weighted by Gasteiger charge is 2.25. The summed E-state index contributed by atoms with van der Waals surface area (Å²) in [5, 5.41) is 13.4. The average molecular weight is 248 g/mol. The molecule has 18 heavy (non-hydrogen) atoms. The summed E-state index contributed by atoms with van der Waals surface area (Å²) in [6.07, 6.45) is 0.804. The molecule has 0 radical (unpaired) electrons. The maximum atomic E-state index is 9.89. The van der Waals surface area contributed by atoms with Crippen LogP contribution in [0.3, 0.4) is 0 Å². The highest BCUT2D eigenvalue weighted by molar-refractivity contribution is 5.14. The topological polar surface area (TPSA) is 35.5 Å². The van der Waals surface area contributed by atoms with Gasteiger partial charge in [0.2, 0.25) is 0 Å². The van der Waals surface area contributed by atoms with Crippen LogP contribution in [0.25, 0.3) is 0 Å². The Balaban J connectivity index is 1.87. The second-order valence-corrected chi connectivity index (χ2v) is 5.89. The predicted molar refractivity (Wildman–Crippen MR) is 74.4 cm³/mol. The van der Waals surface area contributed by atoms with Crippen LogP contribution in [0.2, 0.25) is 0 Å². The molecule has 0 amide bonds. The number of nitrogens with one attached hydrogen (secondary N) is 1. The van der Waals surface area contributed by atoms with Crippen molar-refractivity contribution in [2.24, 2.45) is 0 Å². The second-order valence-electron chi connectivity index (χ2n) is 5.89. The second kappa shape index (κ2) is 5.83. The van der Waals surface area contributed by atoms with Gasteiger partial charge >= 0.3 is 0 Å². The van der Waals surface area contributed by atoms with E-state index in [1.807, 2.05) is 13.8 Å². The molecule has 100 valence electrons. The van der Waals surface area contributed by atoms with Crippen LogP contribution in [-0.2, 0) is 6.54 Å². The summed E-state index contributed by atoms with van der Waals surface area (Å²) in [4.78, 5) is 2.46. The first-order valence-electron chi connectivity index (χ1n) is 6.75. The zero-order chi connectivity index (χ0) is 13.0. The molecule has 1 aromatic rings. The Morgan fingerprint density at radius 3 is 2.72 bits per heavy atom. The first kappa shape index (κ1) is 13.5. The largest absolute Gasteiger partial charge is 0.390 e. The fourth-order valence-electron chi connectivity index (χ4n) is 2.62. The number of rotatable bonds is 4. The van der Waals surface area contributed by atoms with Gasteiger partial charge in [-0.25, -0.2) is 0 Å². The van der Waals surface area contributed by atoms with Gasteiger partial charge in [-0.05, 0) is 25.8 Å². The van der Waals surface area contributed by atoms with E-state index in [4.69, 9.17) is 0 Å². The van der Waals surface area contributed by atoms with Gasteiger partial charge in [0.15, 0.2) is 0 Å². The van der Waals surface area contributed by atoms with Crippen molar-refractivity contribution in [3.8, 4) is 0 Å². The van der Waals surface area contributed by atoms with Gasteiger partial charge < -0.3 is 10.4 Å². The first-order valence-corrected chi connectivity index (χ1v) is 6.75. The number of aliphatic hydroxyl groups is 1. The number of hydrogen-bond acceptors (Lipinski definition) is 3. The molecule has 2 N–H and O–H groups in total. The number of nitrogens with zero attached hydrogens (tertiary/aromatic N) is 1. The molecule has 0 saturated carbocycles. The smallest absolute Gasteiger partial charge is 0.0607 e. The Morgan fingerprint density at radius 1 is 1.33 bits per heavy atom. The van der Waals surface area contributed by atoms with E-state index in [2.05, 4.69) is 40.5 Å². The summed E-state index contributed by atoms with van der Waals surface area (Å²) in [6, 6.07) is 11.0. The molecule has 3 heteroatoms. The van der Waals surface area contributed by atoms with Crippen molar-refractivity contribution in [2.45, 2.75) is 38.5 Å². The van der Waals surface area contributed by atoms with Crippen LogP contribution in [0.5, 0.6) is 0 Å². The van der Waals surface area contributed by atoms with Crippen molar-refractivity contribution in [2.75, 3.05) is 19.6 Å². The van der Waals surface area contributed by atoms with Crippen molar-refractivity contribution in [1.29, 1.82) is 0 Å². The molecule has 0 aromatic heterocycles. The summed E-state index contributed by atoms with van der Waals surface area (Å²) in [6.45, 7) is 7.87. The van der Waals surface area contributed by atoms with Crippen molar-refractivity contribution >= 4 is 0 Å². The van der Waals surface area contributed by atoms with Crippen LogP contribution < -0.4 is 5.32 Å². The molecule has 2 rings (SSSR count). The molecule has 0 bridgehead atoms. The summed E-state index contributed by atoms with van der Waals surface area (Å²) < 4.78 is 0.